The molecule has 0 aliphatic rings. The number of rotatable bonds is 6. The molecule has 1 amide bonds. The largest absolute Gasteiger partial charge is 0.338 e. The summed E-state index contributed by atoms with van der Waals surface area (Å²) >= 11 is 0. The number of nitrogens with one attached hydrogen (secondary N) is 2. The molecule has 174 valence electrons. The predicted molar refractivity (Wildman–Crippen MR) is 138 cm³/mol. The Morgan fingerprint density at radius 3 is 2.37 bits per heavy atom. The number of hydrogen-bond donors (Lipinski definition) is 2. The van der Waals surface area contributed by atoms with Crippen LogP contribution in [-0.2, 0) is 10.0 Å². The molecule has 0 bridgehead atoms. The first-order chi connectivity index (χ1) is 16.9. The molecule has 0 aliphatic carbocycles. The van der Waals surface area contributed by atoms with E-state index in [4.69, 9.17) is 0 Å². The molecule has 0 spiro atoms. The SMILES string of the molecule is CN(c1ccccc1)S(=O)(=O)c1cccc(C(=O)Nc2ccccc2-c2nc3ccccc3[nH]2)c1. The van der Waals surface area contributed by atoms with Gasteiger partial charge in [-0.15, -0.1) is 0 Å². The summed E-state index contributed by atoms with van der Waals surface area (Å²) in [7, 11) is -2.36. The smallest absolute Gasteiger partial charge is 0.264 e. The van der Waals surface area contributed by atoms with Crippen LogP contribution in [0.3, 0.4) is 0 Å². The van der Waals surface area contributed by atoms with Crippen molar-refractivity contribution in [3.63, 3.8) is 0 Å². The van der Waals surface area contributed by atoms with Gasteiger partial charge in [0.1, 0.15) is 5.82 Å². The summed E-state index contributed by atoms with van der Waals surface area (Å²) < 4.78 is 27.5. The Hall–Kier alpha value is -4.43. The molecular weight excluding hydrogens is 460 g/mol. The minimum atomic E-state index is -3.85. The number of nitrogens with zero attached hydrogens (tertiary/aromatic N) is 2. The fourth-order valence-electron chi connectivity index (χ4n) is 3.81. The van der Waals surface area contributed by atoms with Gasteiger partial charge < -0.3 is 10.3 Å². The first-order valence-corrected chi connectivity index (χ1v) is 12.4. The van der Waals surface area contributed by atoms with Gasteiger partial charge in [-0.1, -0.05) is 48.5 Å². The van der Waals surface area contributed by atoms with Gasteiger partial charge in [-0.3, -0.25) is 9.10 Å². The molecule has 5 rings (SSSR count). The van der Waals surface area contributed by atoms with Crippen molar-refractivity contribution >= 4 is 38.3 Å². The van der Waals surface area contributed by atoms with Gasteiger partial charge in [0.25, 0.3) is 15.9 Å². The molecule has 1 heterocycles. The Morgan fingerprint density at radius 2 is 1.57 bits per heavy atom. The number of benzene rings is 4. The quantitative estimate of drug-likeness (QED) is 0.343. The van der Waals surface area contributed by atoms with E-state index in [1.165, 1.54) is 23.5 Å². The van der Waals surface area contributed by atoms with Crippen LogP contribution >= 0.6 is 0 Å². The number of imidazole rings is 1. The number of hydrogen-bond acceptors (Lipinski definition) is 4. The number of fused-ring (bicyclic) bond motifs is 1. The molecule has 0 aliphatic heterocycles. The molecule has 35 heavy (non-hydrogen) atoms. The number of sulfonamides is 1. The Kier molecular flexibility index (Phi) is 5.80. The summed E-state index contributed by atoms with van der Waals surface area (Å²) in [6, 6.07) is 29.8. The van der Waals surface area contributed by atoms with E-state index in [2.05, 4.69) is 15.3 Å². The lowest BCUT2D eigenvalue weighted by Gasteiger charge is -2.19. The molecule has 8 heteroatoms. The van der Waals surface area contributed by atoms with Crippen molar-refractivity contribution < 1.29 is 13.2 Å². The lowest BCUT2D eigenvalue weighted by Crippen LogP contribution is -2.26. The number of amides is 1. The lowest BCUT2D eigenvalue weighted by molar-refractivity contribution is 0.102. The van der Waals surface area contributed by atoms with Gasteiger partial charge in [-0.25, -0.2) is 13.4 Å². The fraction of sp³-hybridized carbons (Fsp3) is 0.0370. The molecule has 0 atom stereocenters. The zero-order valence-corrected chi connectivity index (χ0v) is 19.7. The molecular formula is C27H22N4O3S. The summed E-state index contributed by atoms with van der Waals surface area (Å²) in [5, 5.41) is 2.90. The van der Waals surface area contributed by atoms with Crippen LogP contribution in [0, 0.1) is 0 Å². The van der Waals surface area contributed by atoms with Gasteiger partial charge in [-0.05, 0) is 54.6 Å². The summed E-state index contributed by atoms with van der Waals surface area (Å²) in [6.45, 7) is 0. The average Bonchev–Trinajstić information content (AvgIpc) is 3.33. The second-order valence-electron chi connectivity index (χ2n) is 7.94. The maximum Gasteiger partial charge on any atom is 0.264 e. The number of aromatic nitrogens is 2. The van der Waals surface area contributed by atoms with Crippen molar-refractivity contribution in [2.24, 2.45) is 0 Å². The average molecular weight is 483 g/mol. The molecule has 1 aromatic heterocycles. The van der Waals surface area contributed by atoms with Crippen molar-refractivity contribution in [3.05, 3.63) is 109 Å². The summed E-state index contributed by atoms with van der Waals surface area (Å²) in [5.41, 5.74) is 3.76. The van der Waals surface area contributed by atoms with Gasteiger partial charge in [0.05, 0.1) is 27.3 Å². The highest BCUT2D eigenvalue weighted by atomic mass is 32.2. The third-order valence-corrected chi connectivity index (χ3v) is 7.48. The van der Waals surface area contributed by atoms with Gasteiger partial charge in [0.15, 0.2) is 0 Å². The van der Waals surface area contributed by atoms with Crippen molar-refractivity contribution in [1.82, 2.24) is 9.97 Å². The predicted octanol–water partition coefficient (Wildman–Crippen LogP) is 5.31. The lowest BCUT2D eigenvalue weighted by atomic mass is 10.1. The zero-order chi connectivity index (χ0) is 24.4. The molecule has 2 N–H and O–H groups in total. The van der Waals surface area contributed by atoms with Crippen molar-refractivity contribution in [1.29, 1.82) is 0 Å². The molecule has 0 radical (unpaired) electrons. The van der Waals surface area contributed by atoms with E-state index in [1.807, 2.05) is 48.5 Å². The van der Waals surface area contributed by atoms with Crippen LogP contribution in [-0.4, -0.2) is 31.3 Å². The van der Waals surface area contributed by atoms with Crippen LogP contribution in [0.15, 0.2) is 108 Å². The minimum Gasteiger partial charge on any atom is -0.338 e. The van der Waals surface area contributed by atoms with Gasteiger partial charge in [0, 0.05) is 18.2 Å². The summed E-state index contributed by atoms with van der Waals surface area (Å²) in [5.74, 6) is 0.205. The van der Waals surface area contributed by atoms with E-state index >= 15 is 0 Å². The topological polar surface area (TPSA) is 95.2 Å². The molecule has 5 aromatic rings. The minimum absolute atomic E-state index is 0.0297. The molecule has 7 nitrogen and oxygen atoms in total. The molecule has 4 aromatic carbocycles. The van der Waals surface area contributed by atoms with Crippen molar-refractivity contribution in [2.45, 2.75) is 4.90 Å². The Labute approximate surface area is 203 Å². The van der Waals surface area contributed by atoms with Gasteiger partial charge in [-0.2, -0.15) is 0 Å². The summed E-state index contributed by atoms with van der Waals surface area (Å²) in [4.78, 5) is 21.1. The molecule has 0 unspecified atom stereocenters. The maximum atomic E-state index is 13.2. The van der Waals surface area contributed by atoms with Crippen LogP contribution in [0.1, 0.15) is 10.4 Å². The number of carbonyl (C=O) groups is 1. The van der Waals surface area contributed by atoms with Gasteiger partial charge >= 0.3 is 0 Å². The molecule has 0 saturated carbocycles. The zero-order valence-electron chi connectivity index (χ0n) is 18.8. The van der Waals surface area contributed by atoms with E-state index < -0.39 is 15.9 Å². The fourth-order valence-corrected chi connectivity index (χ4v) is 5.05. The monoisotopic (exact) mass is 482 g/mol. The van der Waals surface area contributed by atoms with E-state index in [0.717, 1.165) is 16.6 Å². The standard InChI is InChI=1S/C27H22N4O3S/c1-31(20-11-3-2-4-12-20)35(33,34)21-13-9-10-19(18-21)27(32)30-23-15-6-5-14-22(23)26-28-24-16-7-8-17-25(24)29-26/h2-18H,1H3,(H,28,29)(H,30,32). The first kappa shape index (κ1) is 22.4. The third kappa shape index (κ3) is 4.39. The highest BCUT2D eigenvalue weighted by molar-refractivity contribution is 7.92. The Bertz CT molecular complexity index is 1600. The number of para-hydroxylation sites is 4. The van der Waals surface area contributed by atoms with E-state index in [1.54, 1.807) is 42.5 Å². The number of aromatic amines is 1. The van der Waals surface area contributed by atoms with E-state index in [-0.39, 0.29) is 10.5 Å². The first-order valence-electron chi connectivity index (χ1n) is 10.9. The van der Waals surface area contributed by atoms with Crippen LogP contribution in [0.25, 0.3) is 22.4 Å². The Balaban J connectivity index is 1.43. The number of H-pyrrole nitrogens is 1. The number of carbonyl (C=O) groups excluding carboxylic acids is 1. The highest BCUT2D eigenvalue weighted by Gasteiger charge is 2.22. The number of anilines is 2. The third-order valence-electron chi connectivity index (χ3n) is 5.69. The maximum absolute atomic E-state index is 13.2. The molecule has 0 fully saturated rings. The van der Waals surface area contributed by atoms with Crippen LogP contribution < -0.4 is 9.62 Å². The summed E-state index contributed by atoms with van der Waals surface area (Å²) in [6.07, 6.45) is 0. The normalized spacial score (nSPS) is 11.3. The van der Waals surface area contributed by atoms with Gasteiger partial charge in [0.2, 0.25) is 0 Å². The van der Waals surface area contributed by atoms with E-state index in [0.29, 0.717) is 17.2 Å². The van der Waals surface area contributed by atoms with Crippen LogP contribution in [0.4, 0.5) is 11.4 Å². The highest BCUT2D eigenvalue weighted by Crippen LogP contribution is 2.28. The van der Waals surface area contributed by atoms with Crippen LogP contribution in [0.5, 0.6) is 0 Å². The van der Waals surface area contributed by atoms with Crippen molar-refractivity contribution in [3.8, 4) is 11.4 Å². The Morgan fingerprint density at radius 1 is 0.857 bits per heavy atom. The second-order valence-corrected chi connectivity index (χ2v) is 9.91. The second kappa shape index (κ2) is 9.08. The van der Waals surface area contributed by atoms with Crippen molar-refractivity contribution in [2.75, 3.05) is 16.7 Å². The molecule has 0 saturated heterocycles. The van der Waals surface area contributed by atoms with E-state index in [9.17, 15) is 13.2 Å². The van der Waals surface area contributed by atoms with Crippen LogP contribution in [0.2, 0.25) is 0 Å².